The van der Waals surface area contributed by atoms with Gasteiger partial charge in [0.1, 0.15) is 0 Å². The van der Waals surface area contributed by atoms with Gasteiger partial charge >= 0.3 is 0 Å². The molecular weight excluding hydrogens is 631 g/mol. The second-order valence-corrected chi connectivity index (χ2v) is 13.7. The monoisotopic (exact) mass is 677 g/mol. The molecule has 0 fully saturated rings. The molecule has 7 aromatic rings. The van der Waals surface area contributed by atoms with E-state index in [1.807, 2.05) is 0 Å². The molecule has 0 amide bonds. The summed E-state index contributed by atoms with van der Waals surface area (Å²) in [5, 5.41) is 0. The summed E-state index contributed by atoms with van der Waals surface area (Å²) in [5.74, 6) is 0. The van der Waals surface area contributed by atoms with Gasteiger partial charge in [0.05, 0.1) is 0 Å². The van der Waals surface area contributed by atoms with Crippen LogP contribution in [0.4, 0.5) is 17.1 Å². The molecule has 0 aliphatic carbocycles. The van der Waals surface area contributed by atoms with E-state index in [0.717, 1.165) is 56.3 Å². The minimum atomic E-state index is 0.867. The molecule has 0 aromatic heterocycles. The summed E-state index contributed by atoms with van der Waals surface area (Å²) in [7, 11) is 0. The first-order valence-corrected chi connectivity index (χ1v) is 18.3. The fourth-order valence-electron chi connectivity index (χ4n) is 6.86. The van der Waals surface area contributed by atoms with Crippen LogP contribution >= 0.6 is 0 Å². The van der Waals surface area contributed by atoms with Crippen LogP contribution in [0.15, 0.2) is 194 Å². The SMILES string of the molecule is Cc1ccc(N(c2ccc(CN(Cc3ccccc3)Cc3ccccc3)cc2)c2ccc(CN(Cc3ccccc3)Cc3ccccc3)cc2)cc1. The van der Waals surface area contributed by atoms with Gasteiger partial charge < -0.3 is 4.90 Å². The van der Waals surface area contributed by atoms with E-state index in [-0.39, 0.29) is 0 Å². The number of hydrogen-bond donors (Lipinski definition) is 0. The quantitative estimate of drug-likeness (QED) is 0.107. The molecule has 0 bridgehead atoms. The van der Waals surface area contributed by atoms with Crippen molar-refractivity contribution in [1.29, 1.82) is 0 Å². The molecule has 0 N–H and O–H groups in total. The maximum atomic E-state index is 2.52. The zero-order valence-electron chi connectivity index (χ0n) is 30.1. The van der Waals surface area contributed by atoms with Crippen molar-refractivity contribution in [3.63, 3.8) is 0 Å². The molecule has 7 rings (SSSR count). The zero-order valence-corrected chi connectivity index (χ0v) is 30.1. The average Bonchev–Trinajstić information content (AvgIpc) is 3.18. The lowest BCUT2D eigenvalue weighted by Gasteiger charge is -2.27. The topological polar surface area (TPSA) is 9.72 Å². The number of anilines is 3. The summed E-state index contributed by atoms with van der Waals surface area (Å²) < 4.78 is 0. The smallest absolute Gasteiger partial charge is 0.0461 e. The molecule has 3 heteroatoms. The van der Waals surface area contributed by atoms with E-state index in [1.165, 1.54) is 38.9 Å². The number of rotatable bonds is 15. The molecule has 0 spiro atoms. The lowest BCUT2D eigenvalue weighted by Crippen LogP contribution is -2.22. The number of nitrogens with zero attached hydrogens (tertiary/aromatic N) is 3. The molecule has 0 aliphatic rings. The van der Waals surface area contributed by atoms with Crippen molar-refractivity contribution in [1.82, 2.24) is 9.80 Å². The molecule has 258 valence electrons. The highest BCUT2D eigenvalue weighted by Gasteiger charge is 2.15. The Bertz CT molecular complexity index is 1850. The third-order valence-electron chi connectivity index (χ3n) is 9.49. The van der Waals surface area contributed by atoms with E-state index in [9.17, 15) is 0 Å². The van der Waals surface area contributed by atoms with Crippen LogP contribution in [-0.4, -0.2) is 9.80 Å². The van der Waals surface area contributed by atoms with Gasteiger partial charge in [-0.05, 0) is 76.7 Å². The highest BCUT2D eigenvalue weighted by molar-refractivity contribution is 5.76. The second kappa shape index (κ2) is 17.5. The predicted octanol–water partition coefficient (Wildman–Crippen LogP) is 11.9. The van der Waals surface area contributed by atoms with Crippen molar-refractivity contribution in [2.75, 3.05) is 4.90 Å². The van der Waals surface area contributed by atoms with Gasteiger partial charge in [-0.25, -0.2) is 0 Å². The molecule has 7 aromatic carbocycles. The molecule has 0 unspecified atom stereocenters. The molecule has 0 saturated carbocycles. The molecule has 0 saturated heterocycles. The summed E-state index contributed by atoms with van der Waals surface area (Å²) in [6, 6.07) is 70.2. The van der Waals surface area contributed by atoms with Crippen LogP contribution in [0.1, 0.15) is 38.9 Å². The van der Waals surface area contributed by atoms with Crippen LogP contribution in [-0.2, 0) is 39.3 Å². The number of hydrogen-bond acceptors (Lipinski definition) is 3. The van der Waals surface area contributed by atoms with Gasteiger partial charge in [0.15, 0.2) is 0 Å². The Kier molecular flexibility index (Phi) is 11.7. The Morgan fingerprint density at radius 3 is 0.769 bits per heavy atom. The van der Waals surface area contributed by atoms with Crippen LogP contribution in [0.5, 0.6) is 0 Å². The van der Waals surface area contributed by atoms with E-state index in [1.54, 1.807) is 0 Å². The fourth-order valence-corrected chi connectivity index (χ4v) is 6.86. The van der Waals surface area contributed by atoms with Crippen molar-refractivity contribution < 1.29 is 0 Å². The van der Waals surface area contributed by atoms with Crippen molar-refractivity contribution in [2.45, 2.75) is 46.2 Å². The molecule has 0 atom stereocenters. The van der Waals surface area contributed by atoms with E-state index in [2.05, 4.69) is 216 Å². The highest BCUT2D eigenvalue weighted by atomic mass is 15.1. The van der Waals surface area contributed by atoms with E-state index in [0.29, 0.717) is 0 Å². The molecule has 3 nitrogen and oxygen atoms in total. The molecule has 0 radical (unpaired) electrons. The van der Waals surface area contributed by atoms with Crippen molar-refractivity contribution >= 4 is 17.1 Å². The van der Waals surface area contributed by atoms with Crippen LogP contribution in [0.25, 0.3) is 0 Å². The average molecular weight is 678 g/mol. The van der Waals surface area contributed by atoms with Crippen molar-refractivity contribution in [3.8, 4) is 0 Å². The van der Waals surface area contributed by atoms with Gasteiger partial charge in [0.2, 0.25) is 0 Å². The zero-order chi connectivity index (χ0) is 35.4. The first-order valence-electron chi connectivity index (χ1n) is 18.3. The maximum absolute atomic E-state index is 2.52. The van der Waals surface area contributed by atoms with Gasteiger partial charge in [-0.3, -0.25) is 9.80 Å². The van der Waals surface area contributed by atoms with Gasteiger partial charge in [-0.2, -0.15) is 0 Å². The van der Waals surface area contributed by atoms with Crippen LogP contribution < -0.4 is 4.90 Å². The lowest BCUT2D eigenvalue weighted by atomic mass is 10.1. The van der Waals surface area contributed by atoms with Crippen LogP contribution in [0, 0.1) is 6.92 Å². The largest absolute Gasteiger partial charge is 0.311 e. The number of benzene rings is 7. The first kappa shape index (κ1) is 34.7. The van der Waals surface area contributed by atoms with Crippen molar-refractivity contribution in [2.24, 2.45) is 0 Å². The van der Waals surface area contributed by atoms with E-state index in [4.69, 9.17) is 0 Å². The Morgan fingerprint density at radius 2 is 0.500 bits per heavy atom. The highest BCUT2D eigenvalue weighted by Crippen LogP contribution is 2.35. The maximum Gasteiger partial charge on any atom is 0.0461 e. The molecule has 0 heterocycles. The van der Waals surface area contributed by atoms with E-state index < -0.39 is 0 Å². The minimum absolute atomic E-state index is 0.867. The third-order valence-corrected chi connectivity index (χ3v) is 9.49. The number of aryl methyl sites for hydroxylation is 1. The fraction of sp³-hybridized carbons (Fsp3) is 0.143. The van der Waals surface area contributed by atoms with Crippen LogP contribution in [0.2, 0.25) is 0 Å². The first-order chi connectivity index (χ1) is 25.6. The van der Waals surface area contributed by atoms with Gasteiger partial charge in [0, 0.05) is 56.3 Å². The Hall–Kier alpha value is -5.74. The second-order valence-electron chi connectivity index (χ2n) is 13.7. The van der Waals surface area contributed by atoms with Crippen LogP contribution in [0.3, 0.4) is 0 Å². The summed E-state index contributed by atoms with van der Waals surface area (Å²) in [6.07, 6.45) is 0. The standard InChI is InChI=1S/C49H47N3/c1-40-22-28-47(29-23-40)52(48-30-24-45(25-31-48)38-50(34-41-14-6-2-7-15-41)35-42-16-8-3-9-17-42)49-32-26-46(27-33-49)39-51(36-43-18-10-4-11-19-43)37-44-20-12-5-13-21-44/h2-33H,34-39H2,1H3. The van der Waals surface area contributed by atoms with E-state index >= 15 is 0 Å². The van der Waals surface area contributed by atoms with Gasteiger partial charge in [-0.15, -0.1) is 0 Å². The third kappa shape index (κ3) is 9.73. The minimum Gasteiger partial charge on any atom is -0.311 e. The Balaban J connectivity index is 1.11. The Morgan fingerprint density at radius 1 is 0.269 bits per heavy atom. The molecule has 52 heavy (non-hydrogen) atoms. The summed E-state index contributed by atoms with van der Waals surface area (Å²) in [5.41, 5.74) is 12.6. The van der Waals surface area contributed by atoms with Gasteiger partial charge in [0.25, 0.3) is 0 Å². The lowest BCUT2D eigenvalue weighted by molar-refractivity contribution is 0.247. The summed E-state index contributed by atoms with van der Waals surface area (Å²) in [6.45, 7) is 7.46. The Labute approximate surface area is 310 Å². The summed E-state index contributed by atoms with van der Waals surface area (Å²) >= 11 is 0. The molecule has 0 aliphatic heterocycles. The predicted molar refractivity (Wildman–Crippen MR) is 218 cm³/mol. The van der Waals surface area contributed by atoms with Crippen molar-refractivity contribution in [3.05, 3.63) is 233 Å². The molecular formula is C49H47N3. The van der Waals surface area contributed by atoms with Gasteiger partial charge in [-0.1, -0.05) is 163 Å². The normalized spacial score (nSPS) is 11.2. The summed E-state index contributed by atoms with van der Waals surface area (Å²) in [4.78, 5) is 7.41.